The van der Waals surface area contributed by atoms with Crippen LogP contribution in [0.15, 0.2) is 22.7 Å². The van der Waals surface area contributed by atoms with Crippen LogP contribution in [0.3, 0.4) is 0 Å². The maximum Gasteiger partial charge on any atom is 0.229 e. The zero-order chi connectivity index (χ0) is 13.4. The van der Waals surface area contributed by atoms with Gasteiger partial charge in [-0.2, -0.15) is 4.98 Å². The summed E-state index contributed by atoms with van der Waals surface area (Å²) in [5.74, 6) is 1.64. The number of aliphatic hydroxyl groups is 1. The molecule has 1 aromatic carbocycles. The second-order valence-corrected chi connectivity index (χ2v) is 5.47. The molecule has 100 valence electrons. The summed E-state index contributed by atoms with van der Waals surface area (Å²) in [7, 11) is 0. The lowest BCUT2D eigenvalue weighted by Gasteiger charge is -2.27. The van der Waals surface area contributed by atoms with Gasteiger partial charge in [0.15, 0.2) is 5.82 Å². The molecule has 19 heavy (non-hydrogen) atoms. The summed E-state index contributed by atoms with van der Waals surface area (Å²) in [6.45, 7) is 4.21. The second kappa shape index (κ2) is 4.78. The van der Waals surface area contributed by atoms with Crippen LogP contribution in [-0.4, -0.2) is 21.4 Å². The Morgan fingerprint density at radius 3 is 2.74 bits per heavy atom. The highest BCUT2D eigenvalue weighted by atomic mass is 16.5. The predicted molar refractivity (Wildman–Crippen MR) is 71.0 cm³/mol. The molecule has 1 aromatic heterocycles. The second-order valence-electron chi connectivity index (χ2n) is 5.47. The van der Waals surface area contributed by atoms with Crippen molar-refractivity contribution in [2.24, 2.45) is 0 Å². The van der Waals surface area contributed by atoms with E-state index in [2.05, 4.69) is 42.2 Å². The van der Waals surface area contributed by atoms with Crippen LogP contribution in [0.2, 0.25) is 0 Å². The number of hydrogen-bond donors (Lipinski definition) is 1. The standard InChI is InChI=1S/C15H18N2O2/c1-9-3-4-11(5-10(9)2)6-14-16-15(19-17-14)12-7-13(18)8-12/h3-5,12-13,18H,6-8H2,1-2H3. The molecule has 1 fully saturated rings. The van der Waals surface area contributed by atoms with Gasteiger partial charge in [0.2, 0.25) is 5.89 Å². The summed E-state index contributed by atoms with van der Waals surface area (Å²) in [4.78, 5) is 4.43. The molecule has 0 spiro atoms. The molecule has 0 bridgehead atoms. The minimum absolute atomic E-state index is 0.194. The van der Waals surface area contributed by atoms with Crippen molar-refractivity contribution < 1.29 is 9.63 Å². The molecule has 2 aromatic rings. The SMILES string of the molecule is Cc1ccc(Cc2noc(C3CC(O)C3)n2)cc1C. The van der Waals surface area contributed by atoms with Gasteiger partial charge in [-0.25, -0.2) is 0 Å². The van der Waals surface area contributed by atoms with Crippen molar-refractivity contribution >= 4 is 0 Å². The Labute approximate surface area is 112 Å². The Kier molecular flexibility index (Phi) is 3.11. The lowest BCUT2D eigenvalue weighted by molar-refractivity contribution is 0.0625. The molecule has 0 radical (unpaired) electrons. The lowest BCUT2D eigenvalue weighted by atomic mass is 9.82. The van der Waals surface area contributed by atoms with Gasteiger partial charge in [0.05, 0.1) is 6.10 Å². The predicted octanol–water partition coefficient (Wildman–Crippen LogP) is 2.52. The van der Waals surface area contributed by atoms with E-state index in [1.54, 1.807) is 0 Å². The van der Waals surface area contributed by atoms with Crippen molar-refractivity contribution in [1.82, 2.24) is 10.1 Å². The number of nitrogens with zero attached hydrogens (tertiary/aromatic N) is 2. The van der Waals surface area contributed by atoms with Gasteiger partial charge < -0.3 is 9.63 Å². The number of benzene rings is 1. The summed E-state index contributed by atoms with van der Waals surface area (Å²) in [5.41, 5.74) is 3.77. The van der Waals surface area contributed by atoms with E-state index < -0.39 is 0 Å². The molecule has 0 unspecified atom stereocenters. The molecule has 0 saturated heterocycles. The number of hydrogen-bond acceptors (Lipinski definition) is 4. The summed E-state index contributed by atoms with van der Waals surface area (Å²) in [6, 6.07) is 6.39. The highest BCUT2D eigenvalue weighted by molar-refractivity contribution is 5.31. The van der Waals surface area contributed by atoms with Crippen LogP contribution in [0.4, 0.5) is 0 Å². The molecular formula is C15H18N2O2. The Morgan fingerprint density at radius 2 is 2.05 bits per heavy atom. The molecule has 3 rings (SSSR count). The number of aliphatic hydroxyl groups excluding tert-OH is 1. The van der Waals surface area contributed by atoms with E-state index in [9.17, 15) is 5.11 Å². The van der Waals surface area contributed by atoms with E-state index in [0.29, 0.717) is 12.3 Å². The molecule has 4 heteroatoms. The van der Waals surface area contributed by atoms with E-state index in [1.165, 1.54) is 16.7 Å². The quantitative estimate of drug-likeness (QED) is 0.919. The van der Waals surface area contributed by atoms with Crippen LogP contribution >= 0.6 is 0 Å². The fourth-order valence-corrected chi connectivity index (χ4v) is 2.39. The first-order valence-electron chi connectivity index (χ1n) is 6.68. The first-order valence-corrected chi connectivity index (χ1v) is 6.68. The number of aromatic nitrogens is 2. The normalized spacial score (nSPS) is 22.3. The molecule has 1 saturated carbocycles. The van der Waals surface area contributed by atoms with E-state index in [1.807, 2.05) is 0 Å². The van der Waals surface area contributed by atoms with Gasteiger partial charge in [-0.05, 0) is 43.4 Å². The Balaban J connectivity index is 1.71. The molecule has 0 aliphatic heterocycles. The average molecular weight is 258 g/mol. The van der Waals surface area contributed by atoms with Gasteiger partial charge >= 0.3 is 0 Å². The van der Waals surface area contributed by atoms with E-state index in [0.717, 1.165) is 18.7 Å². The fourth-order valence-electron chi connectivity index (χ4n) is 2.39. The Bertz CT molecular complexity index is 586. The largest absolute Gasteiger partial charge is 0.393 e. The Hall–Kier alpha value is -1.68. The first-order chi connectivity index (χ1) is 9.11. The van der Waals surface area contributed by atoms with Gasteiger partial charge in [-0.1, -0.05) is 23.4 Å². The fraction of sp³-hybridized carbons (Fsp3) is 0.467. The van der Waals surface area contributed by atoms with Gasteiger partial charge in [0.1, 0.15) is 0 Å². The highest BCUT2D eigenvalue weighted by Crippen LogP contribution is 2.35. The monoisotopic (exact) mass is 258 g/mol. The lowest BCUT2D eigenvalue weighted by Crippen LogP contribution is -2.26. The topological polar surface area (TPSA) is 59.2 Å². The molecule has 0 atom stereocenters. The van der Waals surface area contributed by atoms with Crippen LogP contribution in [0.5, 0.6) is 0 Å². The van der Waals surface area contributed by atoms with Crippen LogP contribution in [-0.2, 0) is 6.42 Å². The molecule has 1 heterocycles. The third-order valence-electron chi connectivity index (χ3n) is 3.88. The number of rotatable bonds is 3. The highest BCUT2D eigenvalue weighted by Gasteiger charge is 2.32. The van der Waals surface area contributed by atoms with Crippen molar-refractivity contribution in [3.05, 3.63) is 46.6 Å². The van der Waals surface area contributed by atoms with Crippen LogP contribution < -0.4 is 0 Å². The number of aryl methyl sites for hydroxylation is 2. The van der Waals surface area contributed by atoms with Crippen LogP contribution in [0.1, 0.15) is 47.2 Å². The summed E-state index contributed by atoms with van der Waals surface area (Å²) in [6.07, 6.45) is 1.98. The van der Waals surface area contributed by atoms with Crippen molar-refractivity contribution in [2.75, 3.05) is 0 Å². The third kappa shape index (κ3) is 2.54. The van der Waals surface area contributed by atoms with Gasteiger partial charge in [-0.3, -0.25) is 0 Å². The molecule has 1 aliphatic carbocycles. The molecule has 4 nitrogen and oxygen atoms in total. The minimum atomic E-state index is -0.194. The van der Waals surface area contributed by atoms with Gasteiger partial charge in [0.25, 0.3) is 0 Å². The van der Waals surface area contributed by atoms with Crippen molar-refractivity contribution in [3.8, 4) is 0 Å². The summed E-state index contributed by atoms with van der Waals surface area (Å²) >= 11 is 0. The van der Waals surface area contributed by atoms with Gasteiger partial charge in [0, 0.05) is 12.3 Å². The van der Waals surface area contributed by atoms with Crippen LogP contribution in [0, 0.1) is 13.8 Å². The first kappa shape index (κ1) is 12.4. The van der Waals surface area contributed by atoms with Crippen molar-refractivity contribution in [3.63, 3.8) is 0 Å². The Morgan fingerprint density at radius 1 is 1.26 bits per heavy atom. The molecular weight excluding hydrogens is 240 g/mol. The zero-order valence-electron chi connectivity index (χ0n) is 11.3. The van der Waals surface area contributed by atoms with E-state index >= 15 is 0 Å². The summed E-state index contributed by atoms with van der Waals surface area (Å²) in [5, 5.41) is 13.3. The van der Waals surface area contributed by atoms with Crippen molar-refractivity contribution in [2.45, 2.75) is 45.1 Å². The zero-order valence-corrected chi connectivity index (χ0v) is 11.3. The maximum absolute atomic E-state index is 9.29. The molecule has 0 amide bonds. The van der Waals surface area contributed by atoms with Crippen molar-refractivity contribution in [1.29, 1.82) is 0 Å². The van der Waals surface area contributed by atoms with Gasteiger partial charge in [-0.15, -0.1) is 0 Å². The summed E-state index contributed by atoms with van der Waals surface area (Å²) < 4.78 is 5.27. The van der Waals surface area contributed by atoms with E-state index in [4.69, 9.17) is 4.52 Å². The average Bonchev–Trinajstić information content (AvgIpc) is 2.78. The van der Waals surface area contributed by atoms with Crippen LogP contribution in [0.25, 0.3) is 0 Å². The molecule has 1 N–H and O–H groups in total. The minimum Gasteiger partial charge on any atom is -0.393 e. The molecule has 1 aliphatic rings. The maximum atomic E-state index is 9.29. The smallest absolute Gasteiger partial charge is 0.229 e. The third-order valence-corrected chi connectivity index (χ3v) is 3.88. The van der Waals surface area contributed by atoms with E-state index in [-0.39, 0.29) is 12.0 Å².